The Morgan fingerprint density at radius 2 is 1.92 bits per heavy atom. The molecule has 0 radical (unpaired) electrons. The Labute approximate surface area is 143 Å². The number of rotatable bonds is 5. The predicted octanol–water partition coefficient (Wildman–Crippen LogP) is 3.88. The van der Waals surface area contributed by atoms with Crippen molar-refractivity contribution < 1.29 is 31.5 Å². The number of carbonyl (C=O) groups is 1. The van der Waals surface area contributed by atoms with Gasteiger partial charge in [0.25, 0.3) is 5.91 Å². The molecule has 0 unspecified atom stereocenters. The van der Waals surface area contributed by atoms with Crippen LogP contribution in [0.25, 0.3) is 0 Å². The van der Waals surface area contributed by atoms with Gasteiger partial charge in [0, 0.05) is 18.3 Å². The van der Waals surface area contributed by atoms with E-state index in [0.717, 1.165) is 0 Å². The highest BCUT2D eigenvalue weighted by Gasteiger charge is 2.29. The van der Waals surface area contributed by atoms with Gasteiger partial charge in [0.05, 0.1) is 10.6 Å². The summed E-state index contributed by atoms with van der Waals surface area (Å²) in [5.41, 5.74) is -0.152. The molecule has 0 saturated carbocycles. The minimum atomic E-state index is -4.54. The van der Waals surface area contributed by atoms with Crippen LogP contribution in [0.5, 0.6) is 5.88 Å². The van der Waals surface area contributed by atoms with Crippen LogP contribution in [0, 0.1) is 11.6 Å². The predicted molar refractivity (Wildman–Crippen MR) is 78.3 cm³/mol. The molecular formula is C15H10ClF5N2O2. The molecule has 0 aliphatic carbocycles. The molecular weight excluding hydrogens is 371 g/mol. The molecule has 0 bridgehead atoms. The van der Waals surface area contributed by atoms with E-state index in [4.69, 9.17) is 11.6 Å². The SMILES string of the molecule is O=C(NCc1cccnc1OCC(F)(F)F)c1cc(F)c(F)cc1Cl. The molecule has 0 spiro atoms. The summed E-state index contributed by atoms with van der Waals surface area (Å²) in [6, 6.07) is 4.10. The van der Waals surface area contributed by atoms with Crippen LogP contribution in [0.4, 0.5) is 22.0 Å². The number of nitrogens with zero attached hydrogens (tertiary/aromatic N) is 1. The molecule has 1 aromatic carbocycles. The van der Waals surface area contributed by atoms with Crippen molar-refractivity contribution in [1.82, 2.24) is 10.3 Å². The minimum absolute atomic E-state index is 0.166. The first kappa shape index (κ1) is 18.9. The molecule has 0 fully saturated rings. The lowest BCUT2D eigenvalue weighted by molar-refractivity contribution is -0.154. The summed E-state index contributed by atoms with van der Waals surface area (Å²) in [5.74, 6) is -3.62. The van der Waals surface area contributed by atoms with Crippen LogP contribution in [0.15, 0.2) is 30.5 Å². The number of hydrogen-bond acceptors (Lipinski definition) is 3. The Balaban J connectivity index is 2.09. The van der Waals surface area contributed by atoms with Crippen LogP contribution in [-0.4, -0.2) is 23.7 Å². The number of ether oxygens (including phenoxy) is 1. The van der Waals surface area contributed by atoms with Gasteiger partial charge >= 0.3 is 6.18 Å². The molecule has 0 aliphatic heterocycles. The van der Waals surface area contributed by atoms with E-state index in [1.165, 1.54) is 18.3 Å². The topological polar surface area (TPSA) is 51.2 Å². The number of amides is 1. The van der Waals surface area contributed by atoms with Crippen molar-refractivity contribution in [2.75, 3.05) is 6.61 Å². The highest BCUT2D eigenvalue weighted by Crippen LogP contribution is 2.22. The van der Waals surface area contributed by atoms with E-state index in [1.807, 2.05) is 0 Å². The fraction of sp³-hybridized carbons (Fsp3) is 0.200. The van der Waals surface area contributed by atoms with E-state index < -0.39 is 30.3 Å². The minimum Gasteiger partial charge on any atom is -0.468 e. The molecule has 2 rings (SSSR count). The van der Waals surface area contributed by atoms with Gasteiger partial charge in [-0.3, -0.25) is 4.79 Å². The average Bonchev–Trinajstić information content (AvgIpc) is 2.54. The van der Waals surface area contributed by atoms with Crippen LogP contribution < -0.4 is 10.1 Å². The molecule has 0 saturated heterocycles. The number of benzene rings is 1. The second-order valence-corrected chi connectivity index (χ2v) is 5.21. The van der Waals surface area contributed by atoms with Crippen molar-refractivity contribution in [1.29, 1.82) is 0 Å². The molecule has 134 valence electrons. The third-order valence-electron chi connectivity index (χ3n) is 2.92. The molecule has 1 aromatic heterocycles. The third-order valence-corrected chi connectivity index (χ3v) is 3.23. The highest BCUT2D eigenvalue weighted by atomic mass is 35.5. The molecule has 0 atom stereocenters. The fourth-order valence-electron chi connectivity index (χ4n) is 1.81. The summed E-state index contributed by atoms with van der Waals surface area (Å²) < 4.78 is 67.4. The van der Waals surface area contributed by atoms with Crippen molar-refractivity contribution in [3.63, 3.8) is 0 Å². The van der Waals surface area contributed by atoms with Crippen molar-refractivity contribution >= 4 is 17.5 Å². The molecule has 0 aliphatic rings. The number of halogens is 6. The first-order valence-corrected chi connectivity index (χ1v) is 7.11. The Kier molecular flexibility index (Phi) is 5.78. The molecule has 1 heterocycles. The quantitative estimate of drug-likeness (QED) is 0.632. The van der Waals surface area contributed by atoms with E-state index >= 15 is 0 Å². The van der Waals surface area contributed by atoms with Crippen LogP contribution in [0.3, 0.4) is 0 Å². The second kappa shape index (κ2) is 7.64. The van der Waals surface area contributed by atoms with E-state index in [1.54, 1.807) is 0 Å². The first-order valence-electron chi connectivity index (χ1n) is 6.73. The van der Waals surface area contributed by atoms with Gasteiger partial charge in [-0.1, -0.05) is 17.7 Å². The number of nitrogens with one attached hydrogen (secondary N) is 1. The lowest BCUT2D eigenvalue weighted by atomic mass is 10.2. The number of aromatic nitrogens is 1. The van der Waals surface area contributed by atoms with Crippen molar-refractivity contribution in [2.24, 2.45) is 0 Å². The maximum absolute atomic E-state index is 13.2. The molecule has 1 amide bonds. The van der Waals surface area contributed by atoms with Gasteiger partial charge in [0.2, 0.25) is 5.88 Å². The van der Waals surface area contributed by atoms with Crippen LogP contribution in [0.2, 0.25) is 5.02 Å². The smallest absolute Gasteiger partial charge is 0.422 e. The number of hydrogen-bond donors (Lipinski definition) is 1. The maximum atomic E-state index is 13.2. The number of carbonyl (C=O) groups excluding carboxylic acids is 1. The lowest BCUT2D eigenvalue weighted by Gasteiger charge is -2.13. The standard InChI is InChI=1S/C15H10ClF5N2O2/c16-10-5-12(18)11(17)4-9(10)13(24)23-6-8-2-1-3-22-14(8)25-7-15(19,20)21/h1-5H,6-7H2,(H,23,24). The molecule has 25 heavy (non-hydrogen) atoms. The number of pyridine rings is 1. The zero-order chi connectivity index (χ0) is 18.6. The summed E-state index contributed by atoms with van der Waals surface area (Å²) in [7, 11) is 0. The fourth-order valence-corrected chi connectivity index (χ4v) is 2.04. The van der Waals surface area contributed by atoms with Gasteiger partial charge in [-0.15, -0.1) is 0 Å². The summed E-state index contributed by atoms with van der Waals surface area (Å²) in [6.45, 7) is -1.80. The van der Waals surface area contributed by atoms with Crippen LogP contribution >= 0.6 is 11.6 Å². The largest absolute Gasteiger partial charge is 0.468 e. The Hall–Kier alpha value is -2.42. The van der Waals surface area contributed by atoms with Crippen LogP contribution in [-0.2, 0) is 6.54 Å². The lowest BCUT2D eigenvalue weighted by Crippen LogP contribution is -2.25. The summed E-state index contributed by atoms with van der Waals surface area (Å²) in [5, 5.41) is 2.02. The first-order chi connectivity index (χ1) is 11.7. The molecule has 10 heteroatoms. The molecule has 2 aromatic rings. The van der Waals surface area contributed by atoms with E-state index in [0.29, 0.717) is 12.1 Å². The zero-order valence-electron chi connectivity index (χ0n) is 12.3. The van der Waals surface area contributed by atoms with E-state index in [2.05, 4.69) is 15.0 Å². The Morgan fingerprint density at radius 1 is 1.24 bits per heavy atom. The zero-order valence-corrected chi connectivity index (χ0v) is 13.1. The second-order valence-electron chi connectivity index (χ2n) is 4.80. The van der Waals surface area contributed by atoms with Gasteiger partial charge in [0.15, 0.2) is 18.2 Å². The van der Waals surface area contributed by atoms with E-state index in [9.17, 15) is 26.7 Å². The Bertz CT molecular complexity index is 783. The summed E-state index contributed by atoms with van der Waals surface area (Å²) >= 11 is 5.68. The third kappa shape index (κ3) is 5.28. The Morgan fingerprint density at radius 3 is 2.60 bits per heavy atom. The van der Waals surface area contributed by atoms with Crippen molar-refractivity contribution in [2.45, 2.75) is 12.7 Å². The van der Waals surface area contributed by atoms with E-state index in [-0.39, 0.29) is 28.6 Å². The normalized spacial score (nSPS) is 11.3. The van der Waals surface area contributed by atoms with Gasteiger partial charge in [-0.2, -0.15) is 13.2 Å². The van der Waals surface area contributed by atoms with Gasteiger partial charge < -0.3 is 10.1 Å². The van der Waals surface area contributed by atoms with Gasteiger partial charge in [-0.05, 0) is 18.2 Å². The summed E-state index contributed by atoms with van der Waals surface area (Å²) in [4.78, 5) is 15.7. The summed E-state index contributed by atoms with van der Waals surface area (Å²) in [6.07, 6.45) is -3.32. The van der Waals surface area contributed by atoms with Crippen molar-refractivity contribution in [3.05, 3.63) is 58.2 Å². The van der Waals surface area contributed by atoms with Crippen LogP contribution in [0.1, 0.15) is 15.9 Å². The van der Waals surface area contributed by atoms with Gasteiger partial charge in [0.1, 0.15) is 0 Å². The monoisotopic (exact) mass is 380 g/mol. The molecule has 1 N–H and O–H groups in total. The molecule has 4 nitrogen and oxygen atoms in total. The number of alkyl halides is 3. The van der Waals surface area contributed by atoms with Crippen molar-refractivity contribution in [3.8, 4) is 5.88 Å². The van der Waals surface area contributed by atoms with Gasteiger partial charge in [-0.25, -0.2) is 13.8 Å². The maximum Gasteiger partial charge on any atom is 0.422 e. The highest BCUT2D eigenvalue weighted by molar-refractivity contribution is 6.33. The average molecular weight is 381 g/mol.